The molecule has 3 unspecified atom stereocenters. The predicted octanol–water partition coefficient (Wildman–Crippen LogP) is 3.06. The van der Waals surface area contributed by atoms with Crippen molar-refractivity contribution in [2.45, 2.75) is 47.0 Å². The molecule has 0 aromatic carbocycles. The van der Waals surface area contributed by atoms with Crippen LogP contribution >= 0.6 is 0 Å². The van der Waals surface area contributed by atoms with Crippen molar-refractivity contribution < 1.29 is 0 Å². The van der Waals surface area contributed by atoms with Crippen LogP contribution in [0.1, 0.15) is 47.0 Å². The Morgan fingerprint density at radius 2 is 2.00 bits per heavy atom. The maximum Gasteiger partial charge on any atom is -0.00150 e. The van der Waals surface area contributed by atoms with Crippen LogP contribution in [-0.4, -0.2) is 13.1 Å². The molecule has 2 aliphatic carbocycles. The first-order chi connectivity index (χ1) is 6.50. The smallest absolute Gasteiger partial charge is 0.00150 e. The van der Waals surface area contributed by atoms with Gasteiger partial charge >= 0.3 is 0 Å². The lowest BCUT2D eigenvalue weighted by Gasteiger charge is -2.17. The van der Waals surface area contributed by atoms with Crippen LogP contribution in [0, 0.1) is 22.7 Å². The second-order valence-corrected chi connectivity index (χ2v) is 6.39. The van der Waals surface area contributed by atoms with Crippen LogP contribution < -0.4 is 5.32 Å². The second-order valence-electron chi connectivity index (χ2n) is 6.39. The molecule has 0 radical (unpaired) electrons. The molecular weight excluding hydrogens is 170 g/mol. The number of hydrogen-bond acceptors (Lipinski definition) is 1. The van der Waals surface area contributed by atoms with Crippen molar-refractivity contribution in [2.75, 3.05) is 13.1 Å². The van der Waals surface area contributed by atoms with Gasteiger partial charge in [0.2, 0.25) is 0 Å². The molecule has 0 heterocycles. The van der Waals surface area contributed by atoms with Crippen LogP contribution in [0.25, 0.3) is 0 Å². The minimum absolute atomic E-state index is 0.611. The van der Waals surface area contributed by atoms with Gasteiger partial charge in [0.15, 0.2) is 0 Å². The topological polar surface area (TPSA) is 12.0 Å². The lowest BCUT2D eigenvalue weighted by Crippen LogP contribution is -2.20. The molecule has 0 aliphatic heterocycles. The zero-order chi connectivity index (χ0) is 10.4. The Morgan fingerprint density at radius 1 is 1.29 bits per heavy atom. The third kappa shape index (κ3) is 1.60. The fourth-order valence-corrected chi connectivity index (χ4v) is 3.98. The Kier molecular flexibility index (Phi) is 2.42. The molecule has 0 aromatic rings. The third-order valence-electron chi connectivity index (χ3n) is 4.57. The molecule has 1 heteroatoms. The quantitative estimate of drug-likeness (QED) is 0.730. The van der Waals surface area contributed by atoms with E-state index in [0.29, 0.717) is 5.41 Å². The second kappa shape index (κ2) is 3.23. The van der Waals surface area contributed by atoms with E-state index < -0.39 is 0 Å². The van der Waals surface area contributed by atoms with Crippen LogP contribution in [0.15, 0.2) is 0 Å². The van der Waals surface area contributed by atoms with Crippen LogP contribution in [0.3, 0.4) is 0 Å². The van der Waals surface area contributed by atoms with E-state index >= 15 is 0 Å². The van der Waals surface area contributed by atoms with E-state index in [2.05, 4.69) is 33.0 Å². The Balaban J connectivity index is 1.94. The highest BCUT2D eigenvalue weighted by Crippen LogP contribution is 2.69. The third-order valence-corrected chi connectivity index (χ3v) is 4.57. The van der Waals surface area contributed by atoms with E-state index in [4.69, 9.17) is 0 Å². The molecule has 14 heavy (non-hydrogen) atoms. The highest BCUT2D eigenvalue weighted by Gasteiger charge is 2.62. The van der Waals surface area contributed by atoms with E-state index in [9.17, 15) is 0 Å². The first-order valence-electron chi connectivity index (χ1n) is 6.21. The standard InChI is InChI=1S/C13H25N/c1-5-14-8-11-7-13(11)9-12(3,4)6-10(13)2/h10-11,14H,5-9H2,1-4H3. The molecule has 2 saturated carbocycles. The zero-order valence-corrected chi connectivity index (χ0v) is 10.2. The summed E-state index contributed by atoms with van der Waals surface area (Å²) in [6, 6.07) is 0. The minimum Gasteiger partial charge on any atom is -0.317 e. The van der Waals surface area contributed by atoms with Gasteiger partial charge in [-0.1, -0.05) is 27.7 Å². The molecule has 1 spiro atoms. The highest BCUT2D eigenvalue weighted by atomic mass is 14.9. The van der Waals surface area contributed by atoms with Crippen molar-refractivity contribution in [3.05, 3.63) is 0 Å². The molecule has 3 atom stereocenters. The van der Waals surface area contributed by atoms with Crippen molar-refractivity contribution in [2.24, 2.45) is 22.7 Å². The molecule has 0 aromatic heterocycles. The van der Waals surface area contributed by atoms with Gasteiger partial charge < -0.3 is 5.32 Å². The summed E-state index contributed by atoms with van der Waals surface area (Å²) in [5, 5.41) is 3.51. The van der Waals surface area contributed by atoms with Gasteiger partial charge in [-0.3, -0.25) is 0 Å². The lowest BCUT2D eigenvalue weighted by atomic mass is 9.89. The average Bonchev–Trinajstić information content (AvgIpc) is 2.68. The first kappa shape index (κ1) is 10.5. The predicted molar refractivity (Wildman–Crippen MR) is 61.3 cm³/mol. The molecule has 2 aliphatic rings. The SMILES string of the molecule is CCNCC1CC12CC(C)(C)CC2C. The number of rotatable bonds is 3. The van der Waals surface area contributed by atoms with Crippen LogP contribution in [0.5, 0.6) is 0 Å². The Morgan fingerprint density at radius 3 is 2.50 bits per heavy atom. The monoisotopic (exact) mass is 195 g/mol. The van der Waals surface area contributed by atoms with Gasteiger partial charge in [-0.05, 0) is 55.0 Å². The van der Waals surface area contributed by atoms with Gasteiger partial charge in [0, 0.05) is 0 Å². The van der Waals surface area contributed by atoms with Gasteiger partial charge in [-0.25, -0.2) is 0 Å². The van der Waals surface area contributed by atoms with E-state index in [-0.39, 0.29) is 0 Å². The summed E-state index contributed by atoms with van der Waals surface area (Å²) in [6.07, 6.45) is 4.40. The lowest BCUT2D eigenvalue weighted by molar-refractivity contribution is 0.331. The fourth-order valence-electron chi connectivity index (χ4n) is 3.98. The first-order valence-corrected chi connectivity index (χ1v) is 6.21. The normalized spacial score (nSPS) is 44.6. The summed E-state index contributed by atoms with van der Waals surface area (Å²) in [5.41, 5.74) is 1.35. The zero-order valence-electron chi connectivity index (χ0n) is 10.2. The molecular formula is C13H25N. The number of hydrogen-bond donors (Lipinski definition) is 1. The average molecular weight is 195 g/mol. The molecule has 2 fully saturated rings. The van der Waals surface area contributed by atoms with Crippen molar-refractivity contribution >= 4 is 0 Å². The summed E-state index contributed by atoms with van der Waals surface area (Å²) in [5.74, 6) is 1.94. The summed E-state index contributed by atoms with van der Waals surface area (Å²) < 4.78 is 0. The van der Waals surface area contributed by atoms with Crippen molar-refractivity contribution in [1.82, 2.24) is 5.32 Å². The van der Waals surface area contributed by atoms with Gasteiger partial charge in [0.1, 0.15) is 0 Å². The molecule has 2 rings (SSSR count). The van der Waals surface area contributed by atoms with Crippen molar-refractivity contribution in [3.63, 3.8) is 0 Å². The molecule has 82 valence electrons. The number of nitrogens with one attached hydrogen (secondary N) is 1. The molecule has 0 bridgehead atoms. The largest absolute Gasteiger partial charge is 0.317 e. The van der Waals surface area contributed by atoms with Gasteiger partial charge in [-0.15, -0.1) is 0 Å². The Labute approximate surface area is 88.7 Å². The summed E-state index contributed by atoms with van der Waals surface area (Å²) in [6.45, 7) is 12.0. The molecule has 1 nitrogen and oxygen atoms in total. The van der Waals surface area contributed by atoms with E-state index in [1.54, 1.807) is 0 Å². The fraction of sp³-hybridized carbons (Fsp3) is 1.00. The van der Waals surface area contributed by atoms with E-state index in [1.807, 2.05) is 0 Å². The Hall–Kier alpha value is -0.0400. The van der Waals surface area contributed by atoms with Gasteiger partial charge in [-0.2, -0.15) is 0 Å². The Bertz CT molecular complexity index is 221. The van der Waals surface area contributed by atoms with Crippen molar-refractivity contribution in [1.29, 1.82) is 0 Å². The van der Waals surface area contributed by atoms with Gasteiger partial charge in [0.25, 0.3) is 0 Å². The summed E-state index contributed by atoms with van der Waals surface area (Å²) >= 11 is 0. The maximum atomic E-state index is 3.51. The summed E-state index contributed by atoms with van der Waals surface area (Å²) in [7, 11) is 0. The molecule has 0 amide bonds. The van der Waals surface area contributed by atoms with Gasteiger partial charge in [0.05, 0.1) is 0 Å². The highest BCUT2D eigenvalue weighted by molar-refractivity contribution is 5.12. The minimum atomic E-state index is 0.611. The van der Waals surface area contributed by atoms with Crippen LogP contribution in [-0.2, 0) is 0 Å². The molecule has 0 saturated heterocycles. The van der Waals surface area contributed by atoms with E-state index in [1.165, 1.54) is 25.8 Å². The van der Waals surface area contributed by atoms with Crippen molar-refractivity contribution in [3.8, 4) is 0 Å². The van der Waals surface area contributed by atoms with E-state index in [0.717, 1.165) is 23.8 Å². The van der Waals surface area contributed by atoms with Crippen LogP contribution in [0.2, 0.25) is 0 Å². The summed E-state index contributed by atoms with van der Waals surface area (Å²) in [4.78, 5) is 0. The van der Waals surface area contributed by atoms with Crippen LogP contribution in [0.4, 0.5) is 0 Å². The molecule has 1 N–H and O–H groups in total. The maximum absolute atomic E-state index is 3.51.